The van der Waals surface area contributed by atoms with Gasteiger partial charge in [0.25, 0.3) is 0 Å². The van der Waals surface area contributed by atoms with E-state index in [2.05, 4.69) is 15.8 Å². The lowest BCUT2D eigenvalue weighted by atomic mass is 10.2. The van der Waals surface area contributed by atoms with E-state index in [4.69, 9.17) is 26.4 Å². The van der Waals surface area contributed by atoms with Crippen LogP contribution in [0.15, 0.2) is 23.3 Å². The van der Waals surface area contributed by atoms with E-state index in [1.807, 2.05) is 0 Å². The van der Waals surface area contributed by atoms with Crippen molar-refractivity contribution in [2.75, 3.05) is 27.4 Å². The molecule has 0 saturated carbocycles. The summed E-state index contributed by atoms with van der Waals surface area (Å²) >= 11 is 4.90. The Morgan fingerprint density at radius 2 is 2.18 bits per heavy atom. The number of benzene rings is 1. The second kappa shape index (κ2) is 9.56. The van der Waals surface area contributed by atoms with Gasteiger partial charge in [-0.2, -0.15) is 5.10 Å². The standard InChI is InChI=1S/C14H19N3O4S/c1-4-20-13(18)9-21-12-7-10(5-6-11(12)19-3)8-16-17-14(22)15-2/h5-8H,4,9H2,1-3H3,(H2,15,17,22)/b16-8+. The first-order valence-electron chi connectivity index (χ1n) is 6.58. The summed E-state index contributed by atoms with van der Waals surface area (Å²) in [5, 5.41) is 7.11. The molecule has 0 aliphatic heterocycles. The van der Waals surface area contributed by atoms with Crippen LogP contribution in [0.4, 0.5) is 0 Å². The molecule has 0 radical (unpaired) electrons. The number of thiocarbonyl (C=S) groups is 1. The van der Waals surface area contributed by atoms with E-state index in [0.717, 1.165) is 5.56 Å². The zero-order valence-corrected chi connectivity index (χ0v) is 13.5. The molecule has 0 aliphatic carbocycles. The van der Waals surface area contributed by atoms with Gasteiger partial charge in [0.2, 0.25) is 0 Å². The van der Waals surface area contributed by atoms with Crippen molar-refractivity contribution in [2.45, 2.75) is 6.92 Å². The molecule has 0 spiro atoms. The topological polar surface area (TPSA) is 81.2 Å². The minimum Gasteiger partial charge on any atom is -0.493 e. The highest BCUT2D eigenvalue weighted by atomic mass is 32.1. The van der Waals surface area contributed by atoms with Crippen molar-refractivity contribution in [1.29, 1.82) is 0 Å². The molecule has 1 rings (SSSR count). The van der Waals surface area contributed by atoms with Gasteiger partial charge in [-0.25, -0.2) is 4.79 Å². The Balaban J connectivity index is 2.75. The molecule has 120 valence electrons. The van der Waals surface area contributed by atoms with Gasteiger partial charge in [0.05, 0.1) is 19.9 Å². The number of nitrogens with one attached hydrogen (secondary N) is 2. The van der Waals surface area contributed by atoms with Gasteiger partial charge >= 0.3 is 5.97 Å². The molecule has 2 N–H and O–H groups in total. The number of hydrazone groups is 1. The number of carbonyl (C=O) groups excluding carboxylic acids is 1. The van der Waals surface area contributed by atoms with Crippen molar-refractivity contribution in [1.82, 2.24) is 10.7 Å². The van der Waals surface area contributed by atoms with E-state index in [0.29, 0.717) is 23.2 Å². The Bertz CT molecular complexity index is 549. The number of carbonyl (C=O) groups is 1. The average molecular weight is 325 g/mol. The van der Waals surface area contributed by atoms with Gasteiger partial charge in [0.15, 0.2) is 23.2 Å². The van der Waals surface area contributed by atoms with Crippen LogP contribution in [-0.2, 0) is 9.53 Å². The van der Waals surface area contributed by atoms with Gasteiger partial charge in [0.1, 0.15) is 0 Å². The van der Waals surface area contributed by atoms with Crippen molar-refractivity contribution in [2.24, 2.45) is 5.10 Å². The smallest absolute Gasteiger partial charge is 0.344 e. The third-order valence-corrected chi connectivity index (χ3v) is 2.74. The average Bonchev–Trinajstić information content (AvgIpc) is 2.53. The number of esters is 1. The van der Waals surface area contributed by atoms with E-state index in [1.165, 1.54) is 7.11 Å². The van der Waals surface area contributed by atoms with E-state index in [-0.39, 0.29) is 6.61 Å². The van der Waals surface area contributed by atoms with Crippen LogP contribution in [0.2, 0.25) is 0 Å². The number of ether oxygens (including phenoxy) is 3. The Labute approximate surface area is 134 Å². The molecule has 0 heterocycles. The number of hydrogen-bond donors (Lipinski definition) is 2. The molecule has 0 unspecified atom stereocenters. The van der Waals surface area contributed by atoms with Gasteiger partial charge in [-0.05, 0) is 42.9 Å². The molecule has 0 aliphatic rings. The molecular weight excluding hydrogens is 306 g/mol. The highest BCUT2D eigenvalue weighted by Crippen LogP contribution is 2.27. The number of hydrogen-bond acceptors (Lipinski definition) is 6. The SMILES string of the molecule is CCOC(=O)COc1cc(/C=N/NC(=S)NC)ccc1OC. The molecular formula is C14H19N3O4S. The largest absolute Gasteiger partial charge is 0.493 e. The van der Waals surface area contributed by atoms with Crippen LogP contribution in [0, 0.1) is 0 Å². The molecule has 0 atom stereocenters. The molecule has 1 aromatic carbocycles. The van der Waals surface area contributed by atoms with Crippen LogP contribution in [0.1, 0.15) is 12.5 Å². The third-order valence-electron chi connectivity index (χ3n) is 2.45. The molecule has 0 aromatic heterocycles. The molecule has 7 nitrogen and oxygen atoms in total. The van der Waals surface area contributed by atoms with Crippen molar-refractivity contribution in [3.63, 3.8) is 0 Å². The summed E-state index contributed by atoms with van der Waals surface area (Å²) in [5.41, 5.74) is 3.40. The maximum Gasteiger partial charge on any atom is 0.344 e. The summed E-state index contributed by atoms with van der Waals surface area (Å²) in [4.78, 5) is 11.3. The van der Waals surface area contributed by atoms with Crippen molar-refractivity contribution in [3.8, 4) is 11.5 Å². The van der Waals surface area contributed by atoms with Crippen molar-refractivity contribution >= 4 is 29.5 Å². The minimum absolute atomic E-state index is 0.188. The zero-order chi connectivity index (χ0) is 16.4. The zero-order valence-electron chi connectivity index (χ0n) is 12.7. The maximum absolute atomic E-state index is 11.3. The van der Waals surface area contributed by atoms with Gasteiger partial charge in [-0.15, -0.1) is 0 Å². The van der Waals surface area contributed by atoms with Crippen LogP contribution in [0.5, 0.6) is 11.5 Å². The fraction of sp³-hybridized carbons (Fsp3) is 0.357. The summed E-state index contributed by atoms with van der Waals surface area (Å²) in [6.07, 6.45) is 1.57. The summed E-state index contributed by atoms with van der Waals surface area (Å²) in [7, 11) is 3.22. The Morgan fingerprint density at radius 1 is 1.41 bits per heavy atom. The molecule has 0 saturated heterocycles. The van der Waals surface area contributed by atoms with E-state index < -0.39 is 5.97 Å². The quantitative estimate of drug-likeness (QED) is 0.336. The van der Waals surface area contributed by atoms with Crippen molar-refractivity contribution in [3.05, 3.63) is 23.8 Å². The molecule has 0 fully saturated rings. The van der Waals surface area contributed by atoms with Gasteiger partial charge in [-0.1, -0.05) is 0 Å². The lowest BCUT2D eigenvalue weighted by Crippen LogP contribution is -2.28. The maximum atomic E-state index is 11.3. The number of nitrogens with zero attached hydrogens (tertiary/aromatic N) is 1. The van der Waals surface area contributed by atoms with Crippen LogP contribution >= 0.6 is 12.2 Å². The van der Waals surface area contributed by atoms with Crippen LogP contribution < -0.4 is 20.2 Å². The monoisotopic (exact) mass is 325 g/mol. The Kier molecular flexibility index (Phi) is 7.69. The second-order valence-electron chi connectivity index (χ2n) is 3.95. The first-order valence-corrected chi connectivity index (χ1v) is 6.98. The summed E-state index contributed by atoms with van der Waals surface area (Å²) in [6.45, 7) is 1.86. The fourth-order valence-corrected chi connectivity index (χ4v) is 1.50. The molecule has 22 heavy (non-hydrogen) atoms. The lowest BCUT2D eigenvalue weighted by Gasteiger charge is -2.10. The lowest BCUT2D eigenvalue weighted by molar-refractivity contribution is -0.145. The van der Waals surface area contributed by atoms with E-state index >= 15 is 0 Å². The molecule has 1 aromatic rings. The Hall–Kier alpha value is -2.35. The normalized spacial score (nSPS) is 10.1. The number of methoxy groups -OCH3 is 1. The van der Waals surface area contributed by atoms with Crippen LogP contribution in [0.3, 0.4) is 0 Å². The number of rotatable bonds is 7. The summed E-state index contributed by atoms with van der Waals surface area (Å²) in [5.74, 6) is 0.500. The molecule has 0 bridgehead atoms. The summed E-state index contributed by atoms with van der Waals surface area (Å²) in [6, 6.07) is 5.22. The van der Waals surface area contributed by atoms with Gasteiger partial charge in [0, 0.05) is 7.05 Å². The highest BCUT2D eigenvalue weighted by Gasteiger charge is 2.08. The fourth-order valence-electron chi connectivity index (χ4n) is 1.45. The predicted octanol–water partition coefficient (Wildman–Crippen LogP) is 1.06. The third kappa shape index (κ3) is 5.96. The van der Waals surface area contributed by atoms with Crippen molar-refractivity contribution < 1.29 is 19.0 Å². The summed E-state index contributed by atoms with van der Waals surface area (Å²) < 4.78 is 15.4. The first kappa shape index (κ1) is 17.7. The second-order valence-corrected chi connectivity index (χ2v) is 4.36. The Morgan fingerprint density at radius 3 is 2.82 bits per heavy atom. The van der Waals surface area contributed by atoms with Crippen LogP contribution in [-0.4, -0.2) is 44.7 Å². The van der Waals surface area contributed by atoms with Gasteiger partial charge < -0.3 is 19.5 Å². The van der Waals surface area contributed by atoms with E-state index in [1.54, 1.807) is 38.4 Å². The molecule has 8 heteroatoms. The molecule has 0 amide bonds. The minimum atomic E-state index is -0.440. The van der Waals surface area contributed by atoms with Crippen LogP contribution in [0.25, 0.3) is 0 Å². The highest BCUT2D eigenvalue weighted by molar-refractivity contribution is 7.80. The first-order chi connectivity index (χ1) is 10.6. The van der Waals surface area contributed by atoms with Gasteiger partial charge in [-0.3, -0.25) is 5.43 Å². The predicted molar refractivity (Wildman–Crippen MR) is 87.5 cm³/mol. The van der Waals surface area contributed by atoms with E-state index in [9.17, 15) is 4.79 Å².